The zero-order valence-electron chi connectivity index (χ0n) is 13.3. The van der Waals surface area contributed by atoms with Gasteiger partial charge >= 0.3 is 12.0 Å². The molecule has 1 aromatic rings. The number of anilines is 1. The highest BCUT2D eigenvalue weighted by molar-refractivity contribution is 6.02. The molecule has 0 saturated heterocycles. The largest absolute Gasteiger partial charge is 0.463 e. The average molecular weight is 302 g/mol. The van der Waals surface area contributed by atoms with E-state index in [0.29, 0.717) is 24.3 Å². The number of amides is 2. The van der Waals surface area contributed by atoms with Crippen LogP contribution in [0.25, 0.3) is 0 Å². The Morgan fingerprint density at radius 2 is 1.95 bits per heavy atom. The second-order valence-electron chi connectivity index (χ2n) is 5.18. The van der Waals surface area contributed by atoms with Gasteiger partial charge in [0, 0.05) is 5.70 Å². The van der Waals surface area contributed by atoms with Crippen LogP contribution in [0.15, 0.2) is 41.6 Å². The van der Waals surface area contributed by atoms with E-state index in [1.807, 2.05) is 37.3 Å². The van der Waals surface area contributed by atoms with Crippen LogP contribution in [0.5, 0.6) is 0 Å². The first-order valence-corrected chi connectivity index (χ1v) is 7.63. The van der Waals surface area contributed by atoms with Crippen molar-refractivity contribution in [1.82, 2.24) is 5.32 Å². The first-order chi connectivity index (χ1) is 10.6. The molecule has 0 fully saturated rings. The van der Waals surface area contributed by atoms with E-state index in [9.17, 15) is 9.59 Å². The molecule has 1 aromatic carbocycles. The van der Waals surface area contributed by atoms with Crippen molar-refractivity contribution in [1.29, 1.82) is 0 Å². The molecular weight excluding hydrogens is 280 g/mol. The average Bonchev–Trinajstić information content (AvgIpc) is 2.48. The lowest BCUT2D eigenvalue weighted by Gasteiger charge is -2.35. The van der Waals surface area contributed by atoms with Gasteiger partial charge in [-0.2, -0.15) is 0 Å². The van der Waals surface area contributed by atoms with Crippen molar-refractivity contribution in [2.45, 2.75) is 39.7 Å². The third kappa shape index (κ3) is 3.13. The molecule has 0 aromatic heterocycles. The summed E-state index contributed by atoms with van der Waals surface area (Å²) in [4.78, 5) is 26.3. The first kappa shape index (κ1) is 16.1. The number of ether oxygens (including phenoxy) is 1. The number of urea groups is 1. The number of rotatable bonds is 5. The highest BCUT2D eigenvalue weighted by atomic mass is 16.5. The fourth-order valence-electron chi connectivity index (χ4n) is 2.70. The summed E-state index contributed by atoms with van der Waals surface area (Å²) in [5.74, 6) is -0.362. The number of hydrogen-bond donors (Lipinski definition) is 1. The van der Waals surface area contributed by atoms with Gasteiger partial charge in [0.05, 0.1) is 23.9 Å². The first-order valence-electron chi connectivity index (χ1n) is 7.63. The number of nitrogens with one attached hydrogen (secondary N) is 1. The summed E-state index contributed by atoms with van der Waals surface area (Å²) in [6, 6.07) is 8.77. The molecule has 0 radical (unpaired) electrons. The van der Waals surface area contributed by atoms with E-state index in [1.165, 1.54) is 4.90 Å². The number of para-hydroxylation sites is 1. The molecule has 0 aliphatic carbocycles. The van der Waals surface area contributed by atoms with E-state index < -0.39 is 0 Å². The molecule has 5 nitrogen and oxygen atoms in total. The van der Waals surface area contributed by atoms with Crippen LogP contribution in [0.4, 0.5) is 10.5 Å². The fourth-order valence-corrected chi connectivity index (χ4v) is 2.70. The SMILES string of the molecule is CCC[C@H]1NC(=O)N(c2ccccc2)C(C)=C1C(=O)OCC. The van der Waals surface area contributed by atoms with Gasteiger partial charge in [-0.15, -0.1) is 0 Å². The highest BCUT2D eigenvalue weighted by Gasteiger charge is 2.35. The number of hydrogen-bond acceptors (Lipinski definition) is 3. The number of carbonyl (C=O) groups is 2. The van der Waals surface area contributed by atoms with E-state index in [-0.39, 0.29) is 18.0 Å². The van der Waals surface area contributed by atoms with Gasteiger partial charge in [0.2, 0.25) is 0 Å². The molecule has 1 aliphatic heterocycles. The quantitative estimate of drug-likeness (QED) is 0.850. The summed E-state index contributed by atoms with van der Waals surface area (Å²) in [6.45, 7) is 5.90. The highest BCUT2D eigenvalue weighted by Crippen LogP contribution is 2.28. The molecule has 118 valence electrons. The molecule has 1 atom stereocenters. The van der Waals surface area contributed by atoms with Gasteiger partial charge in [-0.3, -0.25) is 4.90 Å². The van der Waals surface area contributed by atoms with Gasteiger partial charge in [-0.25, -0.2) is 9.59 Å². The van der Waals surface area contributed by atoms with Crippen molar-refractivity contribution in [3.05, 3.63) is 41.6 Å². The maximum Gasteiger partial charge on any atom is 0.337 e. The zero-order valence-corrected chi connectivity index (χ0v) is 13.3. The normalized spacial score (nSPS) is 18.2. The van der Waals surface area contributed by atoms with Crippen molar-refractivity contribution in [2.75, 3.05) is 11.5 Å². The Morgan fingerprint density at radius 1 is 1.27 bits per heavy atom. The Kier molecular flexibility index (Phi) is 5.20. The summed E-state index contributed by atoms with van der Waals surface area (Å²) < 4.78 is 5.17. The zero-order chi connectivity index (χ0) is 16.1. The number of nitrogens with zero attached hydrogens (tertiary/aromatic N) is 1. The molecule has 0 unspecified atom stereocenters. The monoisotopic (exact) mass is 302 g/mol. The number of benzene rings is 1. The van der Waals surface area contributed by atoms with Crippen LogP contribution in [-0.2, 0) is 9.53 Å². The predicted molar refractivity (Wildman–Crippen MR) is 85.5 cm³/mol. The van der Waals surface area contributed by atoms with Crippen molar-refractivity contribution >= 4 is 17.7 Å². The fraction of sp³-hybridized carbons (Fsp3) is 0.412. The molecule has 0 bridgehead atoms. The Balaban J connectivity index is 2.47. The number of carbonyl (C=O) groups excluding carboxylic acids is 2. The maximum atomic E-state index is 12.4. The molecular formula is C17H22N2O3. The molecule has 5 heteroatoms. The standard InChI is InChI=1S/C17H22N2O3/c1-4-9-14-15(16(20)22-5-2)12(3)19(17(21)18-14)13-10-7-6-8-11-13/h6-8,10-11,14H,4-5,9H2,1-3H3,(H,18,21)/t14-/m1/s1. The molecule has 0 spiro atoms. The van der Waals surface area contributed by atoms with Crippen LogP contribution in [0, 0.1) is 0 Å². The maximum absolute atomic E-state index is 12.4. The van der Waals surface area contributed by atoms with E-state index in [2.05, 4.69) is 5.32 Å². The van der Waals surface area contributed by atoms with E-state index in [4.69, 9.17) is 4.74 Å². The van der Waals surface area contributed by atoms with Gasteiger partial charge in [0.25, 0.3) is 0 Å². The van der Waals surface area contributed by atoms with Gasteiger partial charge < -0.3 is 10.1 Å². The molecule has 2 amide bonds. The van der Waals surface area contributed by atoms with Crippen LogP contribution in [0.1, 0.15) is 33.6 Å². The van der Waals surface area contributed by atoms with Crippen LogP contribution < -0.4 is 10.2 Å². The minimum atomic E-state index is -0.362. The molecule has 1 heterocycles. The van der Waals surface area contributed by atoms with Gasteiger partial charge in [0.15, 0.2) is 0 Å². The smallest absolute Gasteiger partial charge is 0.337 e. The summed E-state index contributed by atoms with van der Waals surface area (Å²) in [5.41, 5.74) is 1.90. The molecule has 1 N–H and O–H groups in total. The summed E-state index contributed by atoms with van der Waals surface area (Å²) in [7, 11) is 0. The van der Waals surface area contributed by atoms with Crippen LogP contribution in [0.3, 0.4) is 0 Å². The second-order valence-corrected chi connectivity index (χ2v) is 5.18. The second kappa shape index (κ2) is 7.11. The minimum Gasteiger partial charge on any atom is -0.463 e. The Hall–Kier alpha value is -2.30. The summed E-state index contributed by atoms with van der Waals surface area (Å²) in [6.07, 6.45) is 1.58. The number of allylic oxidation sites excluding steroid dienone is 1. The Bertz CT molecular complexity index is 581. The van der Waals surface area contributed by atoms with Crippen molar-refractivity contribution in [2.24, 2.45) is 0 Å². The molecule has 1 aliphatic rings. The van der Waals surface area contributed by atoms with E-state index in [1.54, 1.807) is 13.8 Å². The molecule has 22 heavy (non-hydrogen) atoms. The third-order valence-corrected chi connectivity index (χ3v) is 3.66. The van der Waals surface area contributed by atoms with Crippen molar-refractivity contribution in [3.63, 3.8) is 0 Å². The van der Waals surface area contributed by atoms with Crippen molar-refractivity contribution < 1.29 is 14.3 Å². The van der Waals surface area contributed by atoms with E-state index in [0.717, 1.165) is 12.1 Å². The lowest BCUT2D eigenvalue weighted by molar-refractivity contribution is -0.139. The topological polar surface area (TPSA) is 58.6 Å². The van der Waals surface area contributed by atoms with Gasteiger partial charge in [0.1, 0.15) is 0 Å². The van der Waals surface area contributed by atoms with Crippen LogP contribution >= 0.6 is 0 Å². The number of esters is 1. The third-order valence-electron chi connectivity index (χ3n) is 3.66. The Morgan fingerprint density at radius 3 is 2.55 bits per heavy atom. The van der Waals surface area contributed by atoms with Gasteiger partial charge in [-0.1, -0.05) is 31.5 Å². The van der Waals surface area contributed by atoms with E-state index >= 15 is 0 Å². The lowest BCUT2D eigenvalue weighted by atomic mass is 9.97. The molecule has 2 rings (SSSR count). The lowest BCUT2D eigenvalue weighted by Crippen LogP contribution is -2.52. The summed E-state index contributed by atoms with van der Waals surface area (Å²) >= 11 is 0. The van der Waals surface area contributed by atoms with Crippen LogP contribution in [0.2, 0.25) is 0 Å². The van der Waals surface area contributed by atoms with Crippen molar-refractivity contribution in [3.8, 4) is 0 Å². The van der Waals surface area contributed by atoms with Gasteiger partial charge in [-0.05, 0) is 32.4 Å². The Labute approximate surface area is 130 Å². The predicted octanol–water partition coefficient (Wildman–Crippen LogP) is 3.22. The molecule has 0 saturated carbocycles. The van der Waals surface area contributed by atoms with Crippen LogP contribution in [-0.4, -0.2) is 24.6 Å². The summed E-state index contributed by atoms with van der Waals surface area (Å²) in [5, 5.41) is 2.91. The minimum absolute atomic E-state index is 0.213.